The normalized spacial score (nSPS) is 19.9. The summed E-state index contributed by atoms with van der Waals surface area (Å²) in [4.78, 5) is 35.5. The smallest absolute Gasteiger partial charge is 0.319 e. The number of aliphatic carboxylic acids is 1. The lowest BCUT2D eigenvalue weighted by molar-refractivity contribution is -0.139. The molecule has 1 fully saturated rings. The zero-order valence-corrected chi connectivity index (χ0v) is 18.1. The highest BCUT2D eigenvalue weighted by Crippen LogP contribution is 2.41. The maximum Gasteiger partial charge on any atom is 0.319 e. The van der Waals surface area contributed by atoms with Crippen LogP contribution in [0.3, 0.4) is 0 Å². The Morgan fingerprint density at radius 1 is 1.10 bits per heavy atom. The van der Waals surface area contributed by atoms with Gasteiger partial charge >= 0.3 is 5.97 Å². The molecule has 10 nitrogen and oxygen atoms in total. The number of nitrogens with two attached hydrogens (primary N) is 3. The maximum absolute atomic E-state index is 12.5. The summed E-state index contributed by atoms with van der Waals surface area (Å²) in [5, 5.41) is 12.9. The summed E-state index contributed by atoms with van der Waals surface area (Å²) in [5.74, 6) is -1.22. The summed E-state index contributed by atoms with van der Waals surface area (Å²) in [7, 11) is 1.48. The van der Waals surface area contributed by atoms with E-state index in [4.69, 9.17) is 22.3 Å². The van der Waals surface area contributed by atoms with Gasteiger partial charge in [-0.3, -0.25) is 19.8 Å². The lowest BCUT2D eigenvalue weighted by Gasteiger charge is -2.23. The number of hydrogen-bond acceptors (Lipinski definition) is 7. The van der Waals surface area contributed by atoms with Gasteiger partial charge in [0.15, 0.2) is 0 Å². The van der Waals surface area contributed by atoms with Crippen molar-refractivity contribution in [2.45, 2.75) is 69.9 Å². The molecule has 1 rings (SSSR count). The van der Waals surface area contributed by atoms with Crippen molar-refractivity contribution in [2.75, 3.05) is 26.7 Å². The topological polar surface area (TPSA) is 177 Å². The van der Waals surface area contributed by atoms with Crippen molar-refractivity contribution in [2.24, 2.45) is 29.0 Å². The van der Waals surface area contributed by atoms with E-state index < -0.39 is 12.0 Å². The summed E-state index contributed by atoms with van der Waals surface area (Å²) >= 11 is 0. The Morgan fingerprint density at radius 3 is 2.30 bits per heavy atom. The Labute approximate surface area is 179 Å². The molecule has 0 bridgehead atoms. The van der Waals surface area contributed by atoms with Crippen molar-refractivity contribution < 1.29 is 19.5 Å². The summed E-state index contributed by atoms with van der Waals surface area (Å²) in [6, 6.07) is -0.962. The van der Waals surface area contributed by atoms with Crippen LogP contribution in [-0.2, 0) is 14.4 Å². The van der Waals surface area contributed by atoms with E-state index >= 15 is 0 Å². The quantitative estimate of drug-likeness (QED) is 0.133. The number of nitrogens with zero attached hydrogens (tertiary/aromatic N) is 1. The molecule has 0 heterocycles. The molecule has 0 radical (unpaired) electrons. The van der Waals surface area contributed by atoms with Crippen molar-refractivity contribution in [3.8, 4) is 0 Å². The Morgan fingerprint density at radius 2 is 1.73 bits per heavy atom. The summed E-state index contributed by atoms with van der Waals surface area (Å²) < 4.78 is 0. The fourth-order valence-electron chi connectivity index (χ4n) is 3.68. The number of carboxylic acid groups (broad SMARTS) is 1. The van der Waals surface area contributed by atoms with Crippen LogP contribution >= 0.6 is 0 Å². The number of likely N-dealkylation sites (N-methyl/N-ethyl adjacent to an activating group) is 1. The van der Waals surface area contributed by atoms with E-state index in [9.17, 15) is 14.4 Å². The van der Waals surface area contributed by atoms with E-state index in [0.717, 1.165) is 51.5 Å². The number of hydrazine groups is 1. The highest BCUT2D eigenvalue weighted by atomic mass is 16.4. The molecular formula is C20H40N6O4. The fraction of sp³-hybridized carbons (Fsp3) is 0.850. The monoisotopic (exact) mass is 428 g/mol. The summed E-state index contributed by atoms with van der Waals surface area (Å²) in [6.45, 7) is 0.925. The van der Waals surface area contributed by atoms with Crippen LogP contribution in [0.4, 0.5) is 0 Å². The number of carboxylic acids is 1. The number of unbranched alkanes of at least 4 members (excludes halogenated alkanes) is 5. The van der Waals surface area contributed by atoms with Gasteiger partial charge in [0.2, 0.25) is 11.8 Å². The number of amides is 2. The van der Waals surface area contributed by atoms with Crippen LogP contribution in [0.15, 0.2) is 0 Å². The molecule has 0 aliphatic heterocycles. The van der Waals surface area contributed by atoms with Crippen molar-refractivity contribution in [3.63, 3.8) is 0 Å². The number of hydrogen-bond donors (Lipinski definition) is 6. The first-order valence-corrected chi connectivity index (χ1v) is 11.0. The van der Waals surface area contributed by atoms with E-state index in [1.54, 1.807) is 0 Å². The predicted octanol–water partition coefficient (Wildman–Crippen LogP) is -0.480. The van der Waals surface area contributed by atoms with E-state index in [-0.39, 0.29) is 42.7 Å². The van der Waals surface area contributed by atoms with Crippen LogP contribution in [0.5, 0.6) is 0 Å². The van der Waals surface area contributed by atoms with Crippen LogP contribution < -0.4 is 27.9 Å². The molecule has 2 amide bonds. The minimum absolute atomic E-state index is 0.0602. The average Bonchev–Trinajstić information content (AvgIpc) is 3.45. The van der Waals surface area contributed by atoms with E-state index in [2.05, 4.69) is 10.7 Å². The second-order valence-corrected chi connectivity index (χ2v) is 8.30. The van der Waals surface area contributed by atoms with Crippen LogP contribution in [0.2, 0.25) is 0 Å². The third-order valence-corrected chi connectivity index (χ3v) is 5.52. The van der Waals surface area contributed by atoms with Gasteiger partial charge in [-0.05, 0) is 44.2 Å². The molecule has 174 valence electrons. The minimum Gasteiger partial charge on any atom is -0.480 e. The zero-order valence-electron chi connectivity index (χ0n) is 18.1. The Balaban J connectivity index is 2.42. The molecule has 4 atom stereocenters. The van der Waals surface area contributed by atoms with Gasteiger partial charge in [-0.15, -0.1) is 0 Å². The molecule has 0 aromatic rings. The molecule has 0 aromatic heterocycles. The Kier molecular flexibility index (Phi) is 12.5. The fourth-order valence-corrected chi connectivity index (χ4v) is 3.68. The van der Waals surface area contributed by atoms with Gasteiger partial charge in [0.05, 0.1) is 6.04 Å². The van der Waals surface area contributed by atoms with Gasteiger partial charge < -0.3 is 27.6 Å². The van der Waals surface area contributed by atoms with Crippen LogP contribution in [0.25, 0.3) is 0 Å². The first kappa shape index (κ1) is 26.3. The second-order valence-electron chi connectivity index (χ2n) is 8.30. The van der Waals surface area contributed by atoms with Gasteiger partial charge in [0, 0.05) is 19.5 Å². The third-order valence-electron chi connectivity index (χ3n) is 5.52. The van der Waals surface area contributed by atoms with Crippen molar-refractivity contribution >= 4 is 17.8 Å². The molecule has 0 aromatic carbocycles. The van der Waals surface area contributed by atoms with Gasteiger partial charge in [0.1, 0.15) is 6.54 Å². The Bertz CT molecular complexity index is 547. The van der Waals surface area contributed by atoms with Gasteiger partial charge in [-0.25, -0.2) is 5.01 Å². The molecule has 0 saturated heterocycles. The standard InChI is InChI=1S/C20H40N6O4/c1-26(13-19(28)29)25-18(27)11-17(15-10-14(15)12-22)24-20(30)16(23)8-6-4-2-3-5-7-9-21/h14-17H,2-13,21-23H2,1H3,(H,24,30)(H,25,27)(H,28,29)/t14-,15-,16-,17+/m0/s1. The molecule has 1 saturated carbocycles. The molecule has 1 aliphatic carbocycles. The molecule has 0 spiro atoms. The Hall–Kier alpha value is -1.75. The van der Waals surface area contributed by atoms with E-state index in [1.807, 2.05) is 0 Å². The molecule has 0 unspecified atom stereocenters. The van der Waals surface area contributed by atoms with Crippen molar-refractivity contribution in [1.29, 1.82) is 0 Å². The molecule has 10 heteroatoms. The lowest BCUT2D eigenvalue weighted by Crippen LogP contribution is -2.50. The summed E-state index contributed by atoms with van der Waals surface area (Å²) in [6.07, 6.45) is 7.89. The molecule has 9 N–H and O–H groups in total. The number of carbonyl (C=O) groups excluding carboxylic acids is 2. The molecule has 1 aliphatic rings. The average molecular weight is 429 g/mol. The van der Waals surface area contributed by atoms with Crippen molar-refractivity contribution in [1.82, 2.24) is 15.8 Å². The van der Waals surface area contributed by atoms with Crippen LogP contribution in [0.1, 0.15) is 57.8 Å². The predicted molar refractivity (Wildman–Crippen MR) is 115 cm³/mol. The number of carbonyl (C=O) groups is 3. The summed E-state index contributed by atoms with van der Waals surface area (Å²) in [5.41, 5.74) is 19.8. The highest BCUT2D eigenvalue weighted by molar-refractivity contribution is 5.83. The second kappa shape index (κ2) is 14.3. The molecule has 30 heavy (non-hydrogen) atoms. The first-order chi connectivity index (χ1) is 14.3. The molecular weight excluding hydrogens is 388 g/mol. The van der Waals surface area contributed by atoms with Gasteiger partial charge in [-0.1, -0.05) is 32.1 Å². The first-order valence-electron chi connectivity index (χ1n) is 11.0. The van der Waals surface area contributed by atoms with Gasteiger partial charge in [-0.2, -0.15) is 0 Å². The minimum atomic E-state index is -1.04. The van der Waals surface area contributed by atoms with E-state index in [0.29, 0.717) is 13.0 Å². The van der Waals surface area contributed by atoms with Crippen molar-refractivity contribution in [3.05, 3.63) is 0 Å². The highest BCUT2D eigenvalue weighted by Gasteiger charge is 2.43. The maximum atomic E-state index is 12.5. The SMILES string of the molecule is CN(CC(=O)O)NC(=O)C[C@@H](NC(=O)[C@@H](N)CCCCCCCCN)[C@H]1C[C@H]1CN. The van der Waals surface area contributed by atoms with Crippen LogP contribution in [0, 0.1) is 11.8 Å². The number of rotatable bonds is 17. The zero-order chi connectivity index (χ0) is 22.5. The van der Waals surface area contributed by atoms with E-state index in [1.165, 1.54) is 12.1 Å². The third kappa shape index (κ3) is 10.9. The van der Waals surface area contributed by atoms with Crippen LogP contribution in [-0.4, -0.2) is 66.7 Å². The van der Waals surface area contributed by atoms with Gasteiger partial charge in [0.25, 0.3) is 0 Å². The number of nitrogens with one attached hydrogen (secondary N) is 2. The largest absolute Gasteiger partial charge is 0.480 e. The lowest BCUT2D eigenvalue weighted by atomic mass is 10.0.